The predicted molar refractivity (Wildman–Crippen MR) is 67.0 cm³/mol. The maximum atomic E-state index is 12.3. The molecule has 1 atom stereocenters. The molecule has 16 heavy (non-hydrogen) atoms. The molecule has 2 heteroatoms. The van der Waals surface area contributed by atoms with Gasteiger partial charge in [0, 0.05) is 32.8 Å². The van der Waals surface area contributed by atoms with Crippen LogP contribution in [0.3, 0.4) is 0 Å². The average Bonchev–Trinajstić information content (AvgIpc) is 2.31. The first-order valence-corrected chi connectivity index (χ1v) is 5.83. The normalized spacial score (nSPS) is 23.9. The fraction of sp³-hybridized carbons (Fsp3) is 0.500. The zero-order valence-corrected chi connectivity index (χ0v) is 10.4. The van der Waals surface area contributed by atoms with Crippen molar-refractivity contribution in [1.82, 2.24) is 0 Å². The molecule has 1 aromatic rings. The van der Waals surface area contributed by atoms with Gasteiger partial charge in [0.1, 0.15) is 0 Å². The van der Waals surface area contributed by atoms with E-state index in [9.17, 15) is 5.21 Å². The van der Waals surface area contributed by atoms with E-state index in [-0.39, 0.29) is 5.54 Å². The van der Waals surface area contributed by atoms with E-state index in [2.05, 4.69) is 19.1 Å². The van der Waals surface area contributed by atoms with Gasteiger partial charge in [0.15, 0.2) is 11.3 Å². The molecule has 0 fully saturated rings. The van der Waals surface area contributed by atoms with E-state index in [4.69, 9.17) is 0 Å². The third-order valence-electron chi connectivity index (χ3n) is 3.54. The van der Waals surface area contributed by atoms with E-state index in [0.29, 0.717) is 5.92 Å². The summed E-state index contributed by atoms with van der Waals surface area (Å²) in [6, 6.07) is 8.24. The van der Waals surface area contributed by atoms with Crippen LogP contribution in [0.15, 0.2) is 24.3 Å². The number of hydroxylamine groups is 1. The largest absolute Gasteiger partial charge is 0.623 e. The molecule has 0 saturated carbocycles. The molecule has 0 bridgehead atoms. The molecule has 0 spiro atoms. The Morgan fingerprint density at radius 2 is 1.94 bits per heavy atom. The second kappa shape index (κ2) is 3.62. The van der Waals surface area contributed by atoms with E-state index in [1.807, 2.05) is 32.9 Å². The average molecular weight is 217 g/mol. The van der Waals surface area contributed by atoms with Crippen LogP contribution in [-0.4, -0.2) is 16.0 Å². The summed E-state index contributed by atoms with van der Waals surface area (Å²) in [5.41, 5.74) is 2.93. The highest BCUT2D eigenvalue weighted by Crippen LogP contribution is 2.33. The first kappa shape index (κ1) is 11.2. The standard InChI is InChI=1S/C14H19NO/c1-10-9-14(3,4)15(16)11(2)13-8-6-5-7-12(10)13/h5-8,10H,9H2,1-4H3. The molecular formula is C14H19NO. The molecule has 1 aliphatic rings. The van der Waals surface area contributed by atoms with Crippen molar-refractivity contribution in [2.75, 3.05) is 0 Å². The minimum absolute atomic E-state index is 0.317. The molecule has 86 valence electrons. The van der Waals surface area contributed by atoms with Gasteiger partial charge in [-0.2, -0.15) is 0 Å². The topological polar surface area (TPSA) is 26.1 Å². The third-order valence-corrected chi connectivity index (χ3v) is 3.54. The third kappa shape index (κ3) is 1.62. The SMILES string of the molecule is CC1=[N+]([O-])C(C)(C)CC(C)c2ccccc21. The Balaban J connectivity index is 2.66. The first-order chi connectivity index (χ1) is 7.43. The van der Waals surface area contributed by atoms with Crippen LogP contribution in [0.1, 0.15) is 51.2 Å². The summed E-state index contributed by atoms with van der Waals surface area (Å²) >= 11 is 0. The van der Waals surface area contributed by atoms with Crippen molar-refractivity contribution in [3.05, 3.63) is 40.6 Å². The van der Waals surface area contributed by atoms with Crippen molar-refractivity contribution in [2.45, 2.75) is 45.6 Å². The van der Waals surface area contributed by atoms with E-state index in [0.717, 1.165) is 17.7 Å². The number of hydrogen-bond acceptors (Lipinski definition) is 1. The Morgan fingerprint density at radius 3 is 2.62 bits per heavy atom. The maximum absolute atomic E-state index is 12.3. The highest BCUT2D eigenvalue weighted by atomic mass is 16.5. The summed E-state index contributed by atoms with van der Waals surface area (Å²) < 4.78 is 1.18. The van der Waals surface area contributed by atoms with Crippen LogP contribution < -0.4 is 0 Å². The van der Waals surface area contributed by atoms with Gasteiger partial charge < -0.3 is 5.21 Å². The Kier molecular flexibility index (Phi) is 2.53. The summed E-state index contributed by atoms with van der Waals surface area (Å²) in [6.45, 7) is 8.16. The quantitative estimate of drug-likeness (QED) is 0.483. The first-order valence-electron chi connectivity index (χ1n) is 5.83. The lowest BCUT2D eigenvalue weighted by Gasteiger charge is -2.25. The van der Waals surface area contributed by atoms with Crippen LogP contribution in [0.25, 0.3) is 0 Å². The van der Waals surface area contributed by atoms with Gasteiger partial charge in [0.05, 0.1) is 0 Å². The van der Waals surface area contributed by atoms with E-state index in [1.165, 1.54) is 10.3 Å². The molecule has 0 amide bonds. The minimum Gasteiger partial charge on any atom is -0.623 e. The Labute approximate surface area is 97.2 Å². The van der Waals surface area contributed by atoms with Crippen LogP contribution in [0.2, 0.25) is 0 Å². The molecule has 2 nitrogen and oxygen atoms in total. The van der Waals surface area contributed by atoms with Gasteiger partial charge >= 0.3 is 0 Å². The molecule has 1 unspecified atom stereocenters. The number of fused-ring (bicyclic) bond motifs is 1. The molecule has 0 saturated heterocycles. The van der Waals surface area contributed by atoms with Gasteiger partial charge in [-0.05, 0) is 17.5 Å². The van der Waals surface area contributed by atoms with Crippen LogP contribution in [-0.2, 0) is 0 Å². The van der Waals surface area contributed by atoms with Crippen molar-refractivity contribution in [3.8, 4) is 0 Å². The molecule has 0 radical (unpaired) electrons. The molecule has 0 aromatic heterocycles. The second-order valence-electron chi connectivity index (χ2n) is 5.38. The van der Waals surface area contributed by atoms with E-state index >= 15 is 0 Å². The highest BCUT2D eigenvalue weighted by Gasteiger charge is 2.35. The fourth-order valence-electron chi connectivity index (χ4n) is 2.76. The highest BCUT2D eigenvalue weighted by molar-refractivity contribution is 5.96. The van der Waals surface area contributed by atoms with Gasteiger partial charge in [-0.15, -0.1) is 0 Å². The number of hydrogen-bond donors (Lipinski definition) is 0. The van der Waals surface area contributed by atoms with Crippen molar-refractivity contribution in [2.24, 2.45) is 0 Å². The molecule has 1 aromatic carbocycles. The lowest BCUT2D eigenvalue weighted by molar-refractivity contribution is -0.541. The summed E-state index contributed by atoms with van der Waals surface area (Å²) in [4.78, 5) is 0. The van der Waals surface area contributed by atoms with Crippen LogP contribution in [0.4, 0.5) is 0 Å². The Bertz CT molecular complexity index is 446. The molecule has 1 heterocycles. The van der Waals surface area contributed by atoms with Crippen molar-refractivity contribution >= 4 is 5.71 Å². The molecule has 1 aliphatic heterocycles. The maximum Gasteiger partial charge on any atom is 0.191 e. The molecular weight excluding hydrogens is 198 g/mol. The second-order valence-corrected chi connectivity index (χ2v) is 5.38. The minimum atomic E-state index is -0.317. The van der Waals surface area contributed by atoms with Gasteiger partial charge in [-0.3, -0.25) is 0 Å². The monoisotopic (exact) mass is 217 g/mol. The lowest BCUT2D eigenvalue weighted by atomic mass is 9.87. The zero-order valence-electron chi connectivity index (χ0n) is 10.4. The van der Waals surface area contributed by atoms with Crippen LogP contribution in [0, 0.1) is 5.21 Å². The van der Waals surface area contributed by atoms with E-state index in [1.54, 1.807) is 0 Å². The summed E-state index contributed by atoms with van der Waals surface area (Å²) in [7, 11) is 0. The molecule has 0 N–H and O–H groups in total. The summed E-state index contributed by atoms with van der Waals surface area (Å²) in [5, 5.41) is 12.3. The van der Waals surface area contributed by atoms with Gasteiger partial charge in [0.2, 0.25) is 0 Å². The molecule has 2 rings (SSSR count). The Hall–Kier alpha value is -1.31. The fourth-order valence-corrected chi connectivity index (χ4v) is 2.76. The van der Waals surface area contributed by atoms with Crippen molar-refractivity contribution < 1.29 is 4.74 Å². The predicted octanol–water partition coefficient (Wildman–Crippen LogP) is 3.29. The zero-order chi connectivity index (χ0) is 11.9. The van der Waals surface area contributed by atoms with Gasteiger partial charge in [-0.1, -0.05) is 25.1 Å². The van der Waals surface area contributed by atoms with Crippen molar-refractivity contribution in [1.29, 1.82) is 0 Å². The van der Waals surface area contributed by atoms with Crippen molar-refractivity contribution in [3.63, 3.8) is 0 Å². The van der Waals surface area contributed by atoms with Gasteiger partial charge in [0.25, 0.3) is 0 Å². The summed E-state index contributed by atoms with van der Waals surface area (Å²) in [6.07, 6.45) is 0.894. The van der Waals surface area contributed by atoms with Gasteiger partial charge in [-0.25, -0.2) is 4.74 Å². The van der Waals surface area contributed by atoms with Crippen LogP contribution >= 0.6 is 0 Å². The number of rotatable bonds is 0. The smallest absolute Gasteiger partial charge is 0.191 e. The number of benzene rings is 1. The van der Waals surface area contributed by atoms with E-state index < -0.39 is 0 Å². The molecule has 0 aliphatic carbocycles. The lowest BCUT2D eigenvalue weighted by Crippen LogP contribution is -2.35. The number of nitrogens with zero attached hydrogens (tertiary/aromatic N) is 1. The summed E-state index contributed by atoms with van der Waals surface area (Å²) in [5.74, 6) is 0.431. The van der Waals surface area contributed by atoms with Crippen LogP contribution in [0.5, 0.6) is 0 Å². The Morgan fingerprint density at radius 1 is 1.31 bits per heavy atom.